The average Bonchev–Trinajstić information content (AvgIpc) is 3.22. The number of benzene rings is 1. The number of ether oxygens (including phenoxy) is 1. The molecule has 19 heavy (non-hydrogen) atoms. The second-order valence-electron chi connectivity index (χ2n) is 4.44. The Morgan fingerprint density at radius 1 is 1.16 bits per heavy atom. The van der Waals surface area contributed by atoms with Crippen LogP contribution < -0.4 is 10.1 Å². The normalized spacial score (nSPS) is 13.7. The average molecular weight is 278 g/mol. The van der Waals surface area contributed by atoms with Gasteiger partial charge in [0, 0.05) is 25.0 Å². The van der Waals surface area contributed by atoms with Crippen molar-refractivity contribution in [3.05, 3.63) is 48.3 Å². The Morgan fingerprint density at radius 2 is 1.95 bits per heavy atom. The standard InChI is InChI=1S/C14H15N3O.ClH/c1-3-11(10-17-12-5-6-12)9-13(4-1)18-14-15-7-2-8-16-14;/h1-4,7-9,12,17H,5-6,10H2;1H. The lowest BCUT2D eigenvalue weighted by molar-refractivity contribution is 0.441. The molecule has 0 amide bonds. The summed E-state index contributed by atoms with van der Waals surface area (Å²) in [5, 5.41) is 3.48. The van der Waals surface area contributed by atoms with E-state index in [1.54, 1.807) is 18.5 Å². The van der Waals surface area contributed by atoms with Gasteiger partial charge in [0.15, 0.2) is 0 Å². The maximum atomic E-state index is 5.59. The largest absolute Gasteiger partial charge is 0.424 e. The lowest BCUT2D eigenvalue weighted by Crippen LogP contribution is -2.15. The van der Waals surface area contributed by atoms with Crippen molar-refractivity contribution in [3.63, 3.8) is 0 Å². The van der Waals surface area contributed by atoms with E-state index in [9.17, 15) is 0 Å². The molecule has 5 heteroatoms. The van der Waals surface area contributed by atoms with E-state index < -0.39 is 0 Å². The van der Waals surface area contributed by atoms with Crippen LogP contribution in [-0.4, -0.2) is 16.0 Å². The van der Waals surface area contributed by atoms with E-state index in [0.717, 1.165) is 12.3 Å². The van der Waals surface area contributed by atoms with Crippen molar-refractivity contribution in [1.82, 2.24) is 15.3 Å². The number of aromatic nitrogens is 2. The van der Waals surface area contributed by atoms with Gasteiger partial charge >= 0.3 is 6.01 Å². The summed E-state index contributed by atoms with van der Waals surface area (Å²) in [6, 6.07) is 10.9. The van der Waals surface area contributed by atoms with Gasteiger partial charge in [-0.05, 0) is 36.6 Å². The Kier molecular flexibility index (Phi) is 4.71. The molecule has 3 rings (SSSR count). The highest BCUT2D eigenvalue weighted by atomic mass is 35.5. The maximum Gasteiger partial charge on any atom is 0.321 e. The predicted molar refractivity (Wildman–Crippen MR) is 75.7 cm³/mol. The van der Waals surface area contributed by atoms with Gasteiger partial charge in [0.1, 0.15) is 5.75 Å². The van der Waals surface area contributed by atoms with Gasteiger partial charge in [-0.1, -0.05) is 12.1 Å². The summed E-state index contributed by atoms with van der Waals surface area (Å²) >= 11 is 0. The summed E-state index contributed by atoms with van der Waals surface area (Å²) in [4.78, 5) is 8.08. The zero-order chi connectivity index (χ0) is 12.2. The molecule has 0 radical (unpaired) electrons. The van der Waals surface area contributed by atoms with Gasteiger partial charge in [-0.25, -0.2) is 9.97 Å². The third-order valence-corrected chi connectivity index (χ3v) is 2.82. The second kappa shape index (κ2) is 6.50. The summed E-state index contributed by atoms with van der Waals surface area (Å²) in [7, 11) is 0. The minimum Gasteiger partial charge on any atom is -0.424 e. The van der Waals surface area contributed by atoms with E-state index in [1.807, 2.05) is 18.2 Å². The van der Waals surface area contributed by atoms with Gasteiger partial charge in [-0.15, -0.1) is 12.4 Å². The highest BCUT2D eigenvalue weighted by Gasteiger charge is 2.19. The Morgan fingerprint density at radius 3 is 2.68 bits per heavy atom. The summed E-state index contributed by atoms with van der Waals surface area (Å²) in [5.41, 5.74) is 1.22. The molecule has 0 unspecified atom stereocenters. The van der Waals surface area contributed by atoms with E-state index in [-0.39, 0.29) is 12.4 Å². The fourth-order valence-electron chi connectivity index (χ4n) is 1.71. The van der Waals surface area contributed by atoms with E-state index in [2.05, 4.69) is 21.4 Å². The molecule has 1 aromatic carbocycles. The monoisotopic (exact) mass is 277 g/mol. The van der Waals surface area contributed by atoms with Gasteiger partial charge in [-0.2, -0.15) is 0 Å². The van der Waals surface area contributed by atoms with Crippen molar-refractivity contribution in [2.24, 2.45) is 0 Å². The first-order chi connectivity index (χ1) is 8.90. The highest BCUT2D eigenvalue weighted by Crippen LogP contribution is 2.21. The molecule has 0 atom stereocenters. The summed E-state index contributed by atoms with van der Waals surface area (Å²) in [5.74, 6) is 0.774. The van der Waals surface area contributed by atoms with Gasteiger partial charge in [0.25, 0.3) is 0 Å². The Balaban J connectivity index is 0.00000133. The van der Waals surface area contributed by atoms with E-state index >= 15 is 0 Å². The van der Waals surface area contributed by atoms with Crippen molar-refractivity contribution in [1.29, 1.82) is 0 Å². The van der Waals surface area contributed by atoms with Crippen LogP contribution in [0.1, 0.15) is 18.4 Å². The van der Waals surface area contributed by atoms with Gasteiger partial charge in [0.2, 0.25) is 0 Å². The third-order valence-electron chi connectivity index (χ3n) is 2.82. The predicted octanol–water partition coefficient (Wildman–Crippen LogP) is 2.94. The molecule has 1 heterocycles. The number of halogens is 1. The molecule has 0 aliphatic heterocycles. The number of nitrogens with one attached hydrogen (secondary N) is 1. The molecule has 1 aliphatic carbocycles. The lowest BCUT2D eigenvalue weighted by Gasteiger charge is -2.06. The quantitative estimate of drug-likeness (QED) is 0.913. The molecular formula is C14H16ClN3O. The molecule has 1 fully saturated rings. The first kappa shape index (κ1) is 13.8. The SMILES string of the molecule is Cl.c1cnc(Oc2cccc(CNC3CC3)c2)nc1. The molecule has 1 aliphatic rings. The molecule has 1 aromatic heterocycles. The number of hydrogen-bond donors (Lipinski definition) is 1. The van der Waals surface area contributed by atoms with Crippen LogP contribution in [0.15, 0.2) is 42.7 Å². The fraction of sp³-hybridized carbons (Fsp3) is 0.286. The van der Waals surface area contributed by atoms with Crippen LogP contribution in [0.5, 0.6) is 11.8 Å². The van der Waals surface area contributed by atoms with Crippen LogP contribution in [-0.2, 0) is 6.54 Å². The minimum absolute atomic E-state index is 0. The Hall–Kier alpha value is -1.65. The van der Waals surface area contributed by atoms with E-state index in [0.29, 0.717) is 12.1 Å². The molecule has 100 valence electrons. The topological polar surface area (TPSA) is 47.0 Å². The third kappa shape index (κ3) is 4.19. The van der Waals surface area contributed by atoms with Crippen LogP contribution in [0.2, 0.25) is 0 Å². The van der Waals surface area contributed by atoms with E-state index in [4.69, 9.17) is 4.74 Å². The molecule has 4 nitrogen and oxygen atoms in total. The van der Waals surface area contributed by atoms with Crippen LogP contribution in [0.4, 0.5) is 0 Å². The van der Waals surface area contributed by atoms with Gasteiger partial charge in [-0.3, -0.25) is 0 Å². The highest BCUT2D eigenvalue weighted by molar-refractivity contribution is 5.85. The van der Waals surface area contributed by atoms with Crippen molar-refractivity contribution < 1.29 is 4.74 Å². The molecule has 0 bridgehead atoms. The van der Waals surface area contributed by atoms with Gasteiger partial charge in [0.05, 0.1) is 0 Å². The maximum absolute atomic E-state index is 5.59. The molecule has 0 spiro atoms. The zero-order valence-electron chi connectivity index (χ0n) is 10.5. The lowest BCUT2D eigenvalue weighted by atomic mass is 10.2. The van der Waals surface area contributed by atoms with Gasteiger partial charge < -0.3 is 10.1 Å². The molecule has 0 saturated heterocycles. The van der Waals surface area contributed by atoms with Crippen molar-refractivity contribution in [3.8, 4) is 11.8 Å². The van der Waals surface area contributed by atoms with E-state index in [1.165, 1.54) is 18.4 Å². The zero-order valence-corrected chi connectivity index (χ0v) is 11.3. The number of nitrogens with zero attached hydrogens (tertiary/aromatic N) is 2. The first-order valence-electron chi connectivity index (χ1n) is 6.17. The van der Waals surface area contributed by atoms with Crippen molar-refractivity contribution in [2.45, 2.75) is 25.4 Å². The fourth-order valence-corrected chi connectivity index (χ4v) is 1.71. The van der Waals surface area contributed by atoms with Crippen molar-refractivity contribution >= 4 is 12.4 Å². The Labute approximate surface area is 118 Å². The summed E-state index contributed by atoms with van der Waals surface area (Å²) in [6.45, 7) is 0.886. The second-order valence-corrected chi connectivity index (χ2v) is 4.44. The van der Waals surface area contributed by atoms with Crippen LogP contribution in [0.3, 0.4) is 0 Å². The van der Waals surface area contributed by atoms with Crippen LogP contribution >= 0.6 is 12.4 Å². The molecule has 2 aromatic rings. The first-order valence-corrected chi connectivity index (χ1v) is 6.17. The molecular weight excluding hydrogens is 262 g/mol. The number of rotatable bonds is 5. The number of hydrogen-bond acceptors (Lipinski definition) is 4. The summed E-state index contributed by atoms with van der Waals surface area (Å²) in [6.07, 6.45) is 5.93. The smallest absolute Gasteiger partial charge is 0.321 e. The van der Waals surface area contributed by atoms with Crippen LogP contribution in [0.25, 0.3) is 0 Å². The van der Waals surface area contributed by atoms with Crippen molar-refractivity contribution in [2.75, 3.05) is 0 Å². The minimum atomic E-state index is 0. The van der Waals surface area contributed by atoms with Crippen LogP contribution in [0, 0.1) is 0 Å². The Bertz CT molecular complexity index is 517. The molecule has 1 N–H and O–H groups in total. The summed E-state index contributed by atoms with van der Waals surface area (Å²) < 4.78 is 5.59. The molecule has 1 saturated carbocycles.